The van der Waals surface area contributed by atoms with E-state index in [0.29, 0.717) is 6.42 Å². The van der Waals surface area contributed by atoms with Gasteiger partial charge in [0, 0.05) is 5.54 Å². The number of aliphatic hydroxyl groups excluding tert-OH is 1. The molecule has 3 N–H and O–H groups in total. The lowest BCUT2D eigenvalue weighted by molar-refractivity contribution is 0.134. The third kappa shape index (κ3) is 4.23. The smallest absolute Gasteiger partial charge is 0.107 e. The second kappa shape index (κ2) is 6.14. The van der Waals surface area contributed by atoms with Gasteiger partial charge in [-0.25, -0.2) is 0 Å². The topological polar surface area (TPSA) is 46.2 Å². The maximum Gasteiger partial charge on any atom is 0.107 e. The summed E-state index contributed by atoms with van der Waals surface area (Å²) in [6.07, 6.45) is 4.42. The summed E-state index contributed by atoms with van der Waals surface area (Å²) < 4.78 is 0. The number of hydrogen-bond acceptors (Lipinski definition) is 2. The van der Waals surface area contributed by atoms with E-state index in [-0.39, 0.29) is 18.4 Å². The molecular weight excluding hydrogens is 185 g/mol. The fourth-order valence-corrected chi connectivity index (χ4v) is 1.67. The summed E-state index contributed by atoms with van der Waals surface area (Å²) in [5.41, 5.74) is 6.24. The standard InChI is InChI=1S/C12H22BNO/c1-5-9(3)11(7-10(13)6-2)12(4,14)8-15/h5-6,9,11,15H,1,7-8,14H2,2-4H3/b10-6+/t9-,11-,12?/m0/s1. The summed E-state index contributed by atoms with van der Waals surface area (Å²) in [7, 11) is 5.81. The Balaban J connectivity index is 4.81. The maximum absolute atomic E-state index is 9.27. The minimum atomic E-state index is -0.624. The summed E-state index contributed by atoms with van der Waals surface area (Å²) in [6.45, 7) is 9.51. The van der Waals surface area contributed by atoms with E-state index >= 15 is 0 Å². The van der Waals surface area contributed by atoms with Crippen LogP contribution in [-0.2, 0) is 0 Å². The molecule has 0 aliphatic carbocycles. The molecule has 0 saturated heterocycles. The van der Waals surface area contributed by atoms with Gasteiger partial charge in [0.15, 0.2) is 0 Å². The molecule has 0 fully saturated rings. The van der Waals surface area contributed by atoms with Crippen LogP contribution in [0.5, 0.6) is 0 Å². The van der Waals surface area contributed by atoms with Crippen LogP contribution in [0.3, 0.4) is 0 Å². The Morgan fingerprint density at radius 2 is 2.20 bits per heavy atom. The van der Waals surface area contributed by atoms with Gasteiger partial charge >= 0.3 is 0 Å². The van der Waals surface area contributed by atoms with Crippen LogP contribution in [0.2, 0.25) is 0 Å². The first-order chi connectivity index (χ1) is 6.88. The van der Waals surface area contributed by atoms with E-state index in [1.807, 2.05) is 32.9 Å². The van der Waals surface area contributed by atoms with Gasteiger partial charge in [-0.05, 0) is 32.1 Å². The fourth-order valence-electron chi connectivity index (χ4n) is 1.67. The first-order valence-corrected chi connectivity index (χ1v) is 5.32. The molecule has 2 nitrogen and oxygen atoms in total. The highest BCUT2D eigenvalue weighted by Gasteiger charge is 2.32. The van der Waals surface area contributed by atoms with Crippen molar-refractivity contribution in [2.24, 2.45) is 17.6 Å². The number of aliphatic hydroxyl groups is 1. The van der Waals surface area contributed by atoms with Gasteiger partial charge in [0.05, 0.1) is 6.61 Å². The van der Waals surface area contributed by atoms with Gasteiger partial charge in [0.25, 0.3) is 0 Å². The SMILES string of the molecule is [B]/C(=C/C)C[C@@H]([C@@H](C)C=C)C(C)(N)CO. The highest BCUT2D eigenvalue weighted by atomic mass is 16.3. The summed E-state index contributed by atoms with van der Waals surface area (Å²) in [5, 5.41) is 9.27. The number of allylic oxidation sites excluding steroid dienone is 3. The Morgan fingerprint density at radius 1 is 1.67 bits per heavy atom. The average molecular weight is 207 g/mol. The minimum absolute atomic E-state index is 0.0488. The van der Waals surface area contributed by atoms with E-state index in [1.165, 1.54) is 0 Å². The maximum atomic E-state index is 9.27. The second-order valence-corrected chi connectivity index (χ2v) is 4.43. The second-order valence-electron chi connectivity index (χ2n) is 4.43. The van der Waals surface area contributed by atoms with Crippen LogP contribution in [0.25, 0.3) is 0 Å². The van der Waals surface area contributed by atoms with Crippen molar-refractivity contribution in [2.75, 3.05) is 6.61 Å². The molecule has 0 aromatic carbocycles. The molecule has 0 spiro atoms. The lowest BCUT2D eigenvalue weighted by Crippen LogP contribution is -2.50. The number of rotatable bonds is 6. The highest BCUT2D eigenvalue weighted by Crippen LogP contribution is 2.29. The summed E-state index contributed by atoms with van der Waals surface area (Å²) >= 11 is 0. The van der Waals surface area contributed by atoms with E-state index in [1.54, 1.807) is 0 Å². The summed E-state index contributed by atoms with van der Waals surface area (Å²) in [5.74, 6) is 0.335. The Morgan fingerprint density at radius 3 is 2.53 bits per heavy atom. The quantitative estimate of drug-likeness (QED) is 0.513. The van der Waals surface area contributed by atoms with Crippen LogP contribution in [-0.4, -0.2) is 25.1 Å². The van der Waals surface area contributed by atoms with Crippen molar-refractivity contribution >= 4 is 7.85 Å². The lowest BCUT2D eigenvalue weighted by atomic mass is 9.71. The third-order valence-corrected chi connectivity index (χ3v) is 3.02. The van der Waals surface area contributed by atoms with Crippen molar-refractivity contribution in [2.45, 2.75) is 32.7 Å². The molecule has 0 aromatic heterocycles. The first kappa shape index (κ1) is 14.5. The van der Waals surface area contributed by atoms with Crippen molar-refractivity contribution in [3.05, 3.63) is 24.2 Å². The predicted octanol–water partition coefficient (Wildman–Crippen LogP) is 1.60. The van der Waals surface area contributed by atoms with Gasteiger partial charge in [-0.3, -0.25) is 0 Å². The van der Waals surface area contributed by atoms with Gasteiger partial charge in [0.1, 0.15) is 7.85 Å². The molecular formula is C12H22BNO. The van der Waals surface area contributed by atoms with Crippen LogP contribution in [0.15, 0.2) is 24.2 Å². The van der Waals surface area contributed by atoms with Crippen molar-refractivity contribution in [1.29, 1.82) is 0 Å². The minimum Gasteiger partial charge on any atom is -0.394 e. The van der Waals surface area contributed by atoms with Crippen LogP contribution < -0.4 is 5.73 Å². The molecule has 2 radical (unpaired) electrons. The fraction of sp³-hybridized carbons (Fsp3) is 0.667. The van der Waals surface area contributed by atoms with E-state index in [9.17, 15) is 5.11 Å². The van der Waals surface area contributed by atoms with Gasteiger partial charge in [-0.2, -0.15) is 0 Å². The number of nitrogens with two attached hydrogens (primary N) is 1. The van der Waals surface area contributed by atoms with Crippen molar-refractivity contribution in [3.63, 3.8) is 0 Å². The molecule has 0 bridgehead atoms. The van der Waals surface area contributed by atoms with Crippen molar-refractivity contribution < 1.29 is 5.11 Å². The Hall–Kier alpha value is -0.535. The molecule has 0 aromatic rings. The zero-order valence-electron chi connectivity index (χ0n) is 10.0. The normalized spacial score (nSPS) is 20.5. The van der Waals surface area contributed by atoms with E-state index in [4.69, 9.17) is 13.6 Å². The van der Waals surface area contributed by atoms with Crippen LogP contribution in [0.4, 0.5) is 0 Å². The molecule has 0 heterocycles. The molecule has 15 heavy (non-hydrogen) atoms. The average Bonchev–Trinajstić information content (AvgIpc) is 2.24. The van der Waals surface area contributed by atoms with Gasteiger partial charge < -0.3 is 10.8 Å². The highest BCUT2D eigenvalue weighted by molar-refractivity contribution is 6.21. The Bertz CT molecular complexity index is 236. The molecule has 3 heteroatoms. The molecule has 1 unspecified atom stereocenters. The van der Waals surface area contributed by atoms with Crippen LogP contribution in [0.1, 0.15) is 27.2 Å². The van der Waals surface area contributed by atoms with Crippen LogP contribution >= 0.6 is 0 Å². The molecule has 0 aliphatic heterocycles. The third-order valence-electron chi connectivity index (χ3n) is 3.02. The lowest BCUT2D eigenvalue weighted by Gasteiger charge is -2.36. The van der Waals surface area contributed by atoms with Gasteiger partial charge in [-0.15, -0.1) is 12.1 Å². The molecule has 84 valence electrons. The molecule has 3 atom stereocenters. The number of hydrogen-bond donors (Lipinski definition) is 2. The van der Waals surface area contributed by atoms with Gasteiger partial charge in [-0.1, -0.05) is 19.1 Å². The predicted molar refractivity (Wildman–Crippen MR) is 66.7 cm³/mol. The van der Waals surface area contributed by atoms with E-state index < -0.39 is 5.54 Å². The molecule has 0 aliphatic rings. The largest absolute Gasteiger partial charge is 0.394 e. The van der Waals surface area contributed by atoms with Crippen molar-refractivity contribution in [1.82, 2.24) is 0 Å². The first-order valence-electron chi connectivity index (χ1n) is 5.32. The zero-order valence-corrected chi connectivity index (χ0v) is 10.0. The molecule has 0 rings (SSSR count). The van der Waals surface area contributed by atoms with E-state index in [0.717, 1.165) is 5.47 Å². The zero-order chi connectivity index (χ0) is 12.1. The summed E-state index contributed by atoms with van der Waals surface area (Å²) in [4.78, 5) is 0. The Kier molecular flexibility index (Phi) is 5.92. The van der Waals surface area contributed by atoms with Crippen LogP contribution in [0, 0.1) is 11.8 Å². The van der Waals surface area contributed by atoms with E-state index in [2.05, 4.69) is 6.58 Å². The van der Waals surface area contributed by atoms with Crippen molar-refractivity contribution in [3.8, 4) is 0 Å². The summed E-state index contributed by atoms with van der Waals surface area (Å²) in [6, 6.07) is 0. The monoisotopic (exact) mass is 207 g/mol. The molecule has 0 saturated carbocycles. The molecule has 0 amide bonds. The Labute approximate surface area is 94.7 Å². The van der Waals surface area contributed by atoms with Gasteiger partial charge in [0.2, 0.25) is 0 Å².